The summed E-state index contributed by atoms with van der Waals surface area (Å²) in [5.74, 6) is -0.529. The zero-order chi connectivity index (χ0) is 19.4. The van der Waals surface area contributed by atoms with E-state index in [1.54, 1.807) is 0 Å². The lowest BCUT2D eigenvalue weighted by molar-refractivity contribution is -0.125. The highest BCUT2D eigenvalue weighted by atomic mass is 16.2. The van der Waals surface area contributed by atoms with Crippen molar-refractivity contribution in [2.45, 2.75) is 38.8 Å². The van der Waals surface area contributed by atoms with Crippen LogP contribution in [0, 0.1) is 0 Å². The molecule has 2 amide bonds. The third-order valence-corrected chi connectivity index (χ3v) is 4.66. The molecule has 2 atom stereocenters. The number of likely N-dealkylation sites (N-methyl/N-ethyl adjacent to an activating group) is 1. The number of hydrogen-bond acceptors (Lipinski definition) is 5. The van der Waals surface area contributed by atoms with Gasteiger partial charge in [0.1, 0.15) is 5.69 Å². The Bertz CT molecular complexity index is 797. The SMILES string of the molecule is CCCN1C[C@@H](NC(=O)c2cc(=O)n(C)c(=O)n2C)C[C@H]1C(=O)NCC. The average Bonchev–Trinajstić information content (AvgIpc) is 2.99. The fraction of sp³-hybridized carbons (Fsp3) is 0.647. The standard InChI is InChI=1S/C17H27N5O4/c1-5-7-22-10-11(8-13(22)15(24)18-6-2)19-16(25)12-9-14(23)21(4)17(26)20(12)3/h9,11,13H,5-8,10H2,1-4H3,(H,18,24)(H,19,25)/t11-,13-/m0/s1. The summed E-state index contributed by atoms with van der Waals surface area (Å²) in [5.41, 5.74) is -1.07. The first-order valence-electron chi connectivity index (χ1n) is 8.89. The van der Waals surface area contributed by atoms with Gasteiger partial charge in [-0.1, -0.05) is 6.92 Å². The Hall–Kier alpha value is -2.42. The van der Waals surface area contributed by atoms with Crippen LogP contribution in [0.25, 0.3) is 0 Å². The Morgan fingerprint density at radius 3 is 2.50 bits per heavy atom. The van der Waals surface area contributed by atoms with Crippen LogP contribution in [0.1, 0.15) is 37.2 Å². The molecule has 9 heteroatoms. The van der Waals surface area contributed by atoms with E-state index in [0.717, 1.165) is 28.2 Å². The van der Waals surface area contributed by atoms with Crippen molar-refractivity contribution in [1.29, 1.82) is 0 Å². The molecule has 2 heterocycles. The molecule has 144 valence electrons. The van der Waals surface area contributed by atoms with Crippen LogP contribution in [0.15, 0.2) is 15.7 Å². The molecule has 0 spiro atoms. The third kappa shape index (κ3) is 4.04. The number of amides is 2. The largest absolute Gasteiger partial charge is 0.355 e. The van der Waals surface area contributed by atoms with Gasteiger partial charge in [-0.25, -0.2) is 4.79 Å². The van der Waals surface area contributed by atoms with Crippen molar-refractivity contribution in [2.75, 3.05) is 19.6 Å². The van der Waals surface area contributed by atoms with E-state index >= 15 is 0 Å². The molecule has 26 heavy (non-hydrogen) atoms. The van der Waals surface area contributed by atoms with E-state index in [9.17, 15) is 19.2 Å². The van der Waals surface area contributed by atoms with Gasteiger partial charge in [0.25, 0.3) is 11.5 Å². The number of carbonyl (C=O) groups excluding carboxylic acids is 2. The molecule has 1 fully saturated rings. The molecule has 0 aliphatic carbocycles. The lowest BCUT2D eigenvalue weighted by Gasteiger charge is -2.22. The predicted octanol–water partition coefficient (Wildman–Crippen LogP) is -1.20. The van der Waals surface area contributed by atoms with Crippen molar-refractivity contribution in [1.82, 2.24) is 24.7 Å². The molecule has 0 bridgehead atoms. The second kappa shape index (κ2) is 8.31. The fourth-order valence-corrected chi connectivity index (χ4v) is 3.32. The summed E-state index contributed by atoms with van der Waals surface area (Å²) in [4.78, 5) is 50.7. The number of nitrogens with zero attached hydrogens (tertiary/aromatic N) is 3. The molecule has 1 aromatic rings. The molecule has 1 aliphatic rings. The highest BCUT2D eigenvalue weighted by Crippen LogP contribution is 2.19. The molecule has 0 saturated carbocycles. The number of aromatic nitrogens is 2. The lowest BCUT2D eigenvalue weighted by Crippen LogP contribution is -2.44. The monoisotopic (exact) mass is 365 g/mol. The molecule has 0 unspecified atom stereocenters. The normalized spacial score (nSPS) is 20.2. The first kappa shape index (κ1) is 19.9. The van der Waals surface area contributed by atoms with Gasteiger partial charge in [-0.05, 0) is 26.3 Å². The van der Waals surface area contributed by atoms with Gasteiger partial charge >= 0.3 is 5.69 Å². The maximum Gasteiger partial charge on any atom is 0.331 e. The summed E-state index contributed by atoms with van der Waals surface area (Å²) in [6, 6.07) is 0.644. The molecule has 1 saturated heterocycles. The number of carbonyl (C=O) groups is 2. The highest BCUT2D eigenvalue weighted by molar-refractivity contribution is 5.92. The Labute approximate surface area is 152 Å². The van der Waals surface area contributed by atoms with Crippen LogP contribution < -0.4 is 21.9 Å². The van der Waals surface area contributed by atoms with E-state index in [2.05, 4.69) is 15.5 Å². The summed E-state index contributed by atoms with van der Waals surface area (Å²) in [7, 11) is 2.81. The number of rotatable bonds is 6. The molecule has 1 aromatic heterocycles. The predicted molar refractivity (Wildman–Crippen MR) is 97.1 cm³/mol. The van der Waals surface area contributed by atoms with Gasteiger partial charge in [0.05, 0.1) is 6.04 Å². The van der Waals surface area contributed by atoms with Gasteiger partial charge in [-0.2, -0.15) is 0 Å². The Balaban J connectivity index is 2.16. The number of hydrogen-bond donors (Lipinski definition) is 2. The minimum atomic E-state index is -0.554. The van der Waals surface area contributed by atoms with Crippen LogP contribution in [0.4, 0.5) is 0 Å². The number of likely N-dealkylation sites (tertiary alicyclic amines) is 1. The number of nitrogens with one attached hydrogen (secondary N) is 2. The highest BCUT2D eigenvalue weighted by Gasteiger charge is 2.37. The first-order valence-corrected chi connectivity index (χ1v) is 8.89. The van der Waals surface area contributed by atoms with Crippen molar-refractivity contribution < 1.29 is 9.59 Å². The van der Waals surface area contributed by atoms with Crippen molar-refractivity contribution in [3.05, 3.63) is 32.6 Å². The Kier molecular flexibility index (Phi) is 6.36. The molecule has 2 N–H and O–H groups in total. The second-order valence-electron chi connectivity index (χ2n) is 6.58. The summed E-state index contributed by atoms with van der Waals surface area (Å²) >= 11 is 0. The second-order valence-corrected chi connectivity index (χ2v) is 6.58. The lowest BCUT2D eigenvalue weighted by atomic mass is 10.1. The van der Waals surface area contributed by atoms with E-state index in [-0.39, 0.29) is 23.7 Å². The van der Waals surface area contributed by atoms with Crippen LogP contribution in [-0.4, -0.2) is 57.6 Å². The molecule has 0 radical (unpaired) electrons. The van der Waals surface area contributed by atoms with Crippen LogP contribution in [-0.2, 0) is 18.9 Å². The smallest absolute Gasteiger partial charge is 0.331 e. The molecule has 0 aromatic carbocycles. The van der Waals surface area contributed by atoms with Crippen molar-refractivity contribution >= 4 is 11.8 Å². The zero-order valence-electron chi connectivity index (χ0n) is 15.7. The summed E-state index contributed by atoms with van der Waals surface area (Å²) in [6.45, 7) is 5.78. The van der Waals surface area contributed by atoms with Crippen LogP contribution in [0.2, 0.25) is 0 Å². The van der Waals surface area contributed by atoms with Crippen molar-refractivity contribution in [3.8, 4) is 0 Å². The van der Waals surface area contributed by atoms with Gasteiger partial charge in [0, 0.05) is 39.3 Å². The van der Waals surface area contributed by atoms with E-state index in [0.29, 0.717) is 19.5 Å². The van der Waals surface area contributed by atoms with E-state index < -0.39 is 17.2 Å². The minimum Gasteiger partial charge on any atom is -0.355 e. The minimum absolute atomic E-state index is 0.0154. The summed E-state index contributed by atoms with van der Waals surface area (Å²) in [6.07, 6.45) is 1.40. The van der Waals surface area contributed by atoms with Gasteiger partial charge in [0.15, 0.2) is 0 Å². The van der Waals surface area contributed by atoms with E-state index in [1.165, 1.54) is 14.1 Å². The van der Waals surface area contributed by atoms with Crippen LogP contribution in [0.5, 0.6) is 0 Å². The molecule has 2 rings (SSSR count). The molecule has 9 nitrogen and oxygen atoms in total. The zero-order valence-corrected chi connectivity index (χ0v) is 15.7. The maximum atomic E-state index is 12.6. The third-order valence-electron chi connectivity index (χ3n) is 4.66. The quantitative estimate of drug-likeness (QED) is 0.659. The van der Waals surface area contributed by atoms with Crippen LogP contribution in [0.3, 0.4) is 0 Å². The van der Waals surface area contributed by atoms with Crippen molar-refractivity contribution in [2.24, 2.45) is 14.1 Å². The fourth-order valence-electron chi connectivity index (χ4n) is 3.32. The Morgan fingerprint density at radius 1 is 1.19 bits per heavy atom. The average molecular weight is 365 g/mol. The van der Waals surface area contributed by atoms with Crippen LogP contribution >= 0.6 is 0 Å². The first-order chi connectivity index (χ1) is 12.3. The molecule has 1 aliphatic heterocycles. The van der Waals surface area contributed by atoms with E-state index in [1.807, 2.05) is 13.8 Å². The van der Waals surface area contributed by atoms with E-state index in [4.69, 9.17) is 0 Å². The Morgan fingerprint density at radius 2 is 1.88 bits per heavy atom. The molecular formula is C17H27N5O4. The van der Waals surface area contributed by atoms with Gasteiger partial charge in [0.2, 0.25) is 5.91 Å². The van der Waals surface area contributed by atoms with Gasteiger partial charge < -0.3 is 10.6 Å². The molecular weight excluding hydrogens is 338 g/mol. The summed E-state index contributed by atoms with van der Waals surface area (Å²) in [5, 5.41) is 5.69. The maximum absolute atomic E-state index is 12.6. The topological polar surface area (TPSA) is 105 Å². The van der Waals surface area contributed by atoms with Gasteiger partial charge in [-0.3, -0.25) is 28.4 Å². The van der Waals surface area contributed by atoms with Crippen molar-refractivity contribution in [3.63, 3.8) is 0 Å². The summed E-state index contributed by atoms with van der Waals surface area (Å²) < 4.78 is 2.09. The van der Waals surface area contributed by atoms with Gasteiger partial charge in [-0.15, -0.1) is 0 Å².